The molecule has 7 rings (SSSR count). The van der Waals surface area contributed by atoms with Gasteiger partial charge in [0.1, 0.15) is 11.9 Å². The van der Waals surface area contributed by atoms with Gasteiger partial charge in [-0.25, -0.2) is 0 Å². The minimum absolute atomic E-state index is 0.0130. The third kappa shape index (κ3) is 3.49. The molecule has 3 aliphatic rings. The number of rotatable bonds is 3. The number of hydrogen-bond acceptors (Lipinski definition) is 4. The molecule has 0 spiro atoms. The summed E-state index contributed by atoms with van der Waals surface area (Å²) >= 11 is 0. The summed E-state index contributed by atoms with van der Waals surface area (Å²) in [7, 11) is -0.383. The first-order valence-electron chi connectivity index (χ1n) is 13.4. The van der Waals surface area contributed by atoms with Gasteiger partial charge in [0.25, 0.3) is 0 Å². The molecule has 4 aromatic rings. The standard InChI is InChI=1S/C33H31BN2O2/c1-32(2)33(3,4)38-34(37-32)23-20-18-22(19-21-23)31-35-29-27-16-10-8-14-25(27)26-15-9-11-17-28(26)30(29)36(31)24-12-6-5-7-13-24/h5-21,29-30H,1-4H3. The average molecular weight is 498 g/mol. The lowest BCUT2D eigenvalue weighted by molar-refractivity contribution is 0.00578. The summed E-state index contributed by atoms with van der Waals surface area (Å²) in [6.45, 7) is 8.35. The first kappa shape index (κ1) is 23.5. The van der Waals surface area contributed by atoms with Crippen molar-refractivity contribution in [1.82, 2.24) is 0 Å². The highest BCUT2D eigenvalue weighted by Gasteiger charge is 2.52. The van der Waals surface area contributed by atoms with Gasteiger partial charge in [-0.2, -0.15) is 0 Å². The fourth-order valence-electron chi connectivity index (χ4n) is 5.94. The Balaban J connectivity index is 1.33. The summed E-state index contributed by atoms with van der Waals surface area (Å²) < 4.78 is 12.6. The van der Waals surface area contributed by atoms with Gasteiger partial charge in [0, 0.05) is 11.3 Å². The Morgan fingerprint density at radius 3 is 1.87 bits per heavy atom. The van der Waals surface area contributed by atoms with Crippen molar-refractivity contribution in [3.8, 4) is 11.1 Å². The Bertz CT molecular complexity index is 1530. The molecular formula is C33H31BN2O2. The van der Waals surface area contributed by atoms with Gasteiger partial charge in [-0.05, 0) is 67.5 Å². The SMILES string of the molecule is CC1(C)OB(c2ccc(C3=NC4c5ccccc5-c5ccccc5C4N3c3ccccc3)cc2)OC1(C)C. The molecule has 1 aliphatic carbocycles. The van der Waals surface area contributed by atoms with Crippen LogP contribution in [0.4, 0.5) is 5.69 Å². The van der Waals surface area contributed by atoms with E-state index in [1.54, 1.807) is 0 Å². The lowest BCUT2D eigenvalue weighted by Gasteiger charge is -2.36. The highest BCUT2D eigenvalue weighted by atomic mass is 16.7. The fourth-order valence-corrected chi connectivity index (χ4v) is 5.94. The number of aliphatic imine (C=N–C) groups is 1. The number of para-hydroxylation sites is 1. The molecule has 0 N–H and O–H groups in total. The van der Waals surface area contributed by atoms with Crippen molar-refractivity contribution in [1.29, 1.82) is 0 Å². The van der Waals surface area contributed by atoms with Crippen LogP contribution >= 0.6 is 0 Å². The van der Waals surface area contributed by atoms with E-state index in [-0.39, 0.29) is 30.4 Å². The third-order valence-electron chi connectivity index (χ3n) is 8.64. The topological polar surface area (TPSA) is 34.1 Å². The van der Waals surface area contributed by atoms with Crippen LogP contribution in [0.25, 0.3) is 11.1 Å². The number of nitrogens with zero attached hydrogens (tertiary/aromatic N) is 2. The van der Waals surface area contributed by atoms with Gasteiger partial charge in [-0.15, -0.1) is 0 Å². The van der Waals surface area contributed by atoms with Crippen molar-refractivity contribution in [3.05, 3.63) is 120 Å². The Labute approximate surface area is 225 Å². The van der Waals surface area contributed by atoms with Crippen molar-refractivity contribution in [2.75, 3.05) is 4.90 Å². The van der Waals surface area contributed by atoms with E-state index >= 15 is 0 Å². The van der Waals surface area contributed by atoms with Crippen LogP contribution in [0, 0.1) is 0 Å². The summed E-state index contributed by atoms with van der Waals surface area (Å²) in [6, 6.07) is 36.8. The second-order valence-corrected chi connectivity index (χ2v) is 11.4. The van der Waals surface area contributed by atoms with Crippen molar-refractivity contribution < 1.29 is 9.31 Å². The molecule has 0 radical (unpaired) electrons. The second kappa shape index (κ2) is 8.42. The van der Waals surface area contributed by atoms with E-state index in [1.165, 1.54) is 22.3 Å². The Morgan fingerprint density at radius 2 is 1.21 bits per heavy atom. The van der Waals surface area contributed by atoms with E-state index in [0.717, 1.165) is 22.5 Å². The van der Waals surface area contributed by atoms with E-state index in [0.29, 0.717) is 0 Å². The molecule has 2 heterocycles. The zero-order valence-electron chi connectivity index (χ0n) is 22.3. The highest BCUT2D eigenvalue weighted by Crippen LogP contribution is 2.53. The van der Waals surface area contributed by atoms with Crippen LogP contribution in [-0.2, 0) is 9.31 Å². The quantitative estimate of drug-likeness (QED) is 0.294. The summed E-state index contributed by atoms with van der Waals surface area (Å²) in [5.74, 6) is 0.984. The Morgan fingerprint density at radius 1 is 0.658 bits per heavy atom. The molecule has 5 heteroatoms. The molecule has 1 saturated heterocycles. The molecule has 2 aliphatic heterocycles. The van der Waals surface area contributed by atoms with Crippen molar-refractivity contribution in [3.63, 3.8) is 0 Å². The van der Waals surface area contributed by atoms with Crippen LogP contribution < -0.4 is 10.4 Å². The molecule has 0 bridgehead atoms. The molecule has 0 saturated carbocycles. The first-order valence-corrected chi connectivity index (χ1v) is 13.4. The van der Waals surface area contributed by atoms with Gasteiger partial charge in [0.2, 0.25) is 0 Å². The number of anilines is 1. The largest absolute Gasteiger partial charge is 0.494 e. The highest BCUT2D eigenvalue weighted by molar-refractivity contribution is 6.62. The zero-order chi connectivity index (χ0) is 26.1. The predicted molar refractivity (Wildman–Crippen MR) is 155 cm³/mol. The van der Waals surface area contributed by atoms with Crippen molar-refractivity contribution in [2.24, 2.45) is 4.99 Å². The van der Waals surface area contributed by atoms with Crippen molar-refractivity contribution in [2.45, 2.75) is 51.0 Å². The van der Waals surface area contributed by atoms with Gasteiger partial charge < -0.3 is 14.2 Å². The number of benzene rings is 4. The number of fused-ring (bicyclic) bond motifs is 6. The monoisotopic (exact) mass is 498 g/mol. The molecular weight excluding hydrogens is 467 g/mol. The van der Waals surface area contributed by atoms with Gasteiger partial charge in [-0.3, -0.25) is 4.99 Å². The second-order valence-electron chi connectivity index (χ2n) is 11.4. The molecule has 0 amide bonds. The minimum atomic E-state index is -0.383. The van der Waals surface area contributed by atoms with E-state index in [2.05, 4.69) is 136 Å². The lowest BCUT2D eigenvalue weighted by Crippen LogP contribution is -2.41. The van der Waals surface area contributed by atoms with Crippen LogP contribution in [0.1, 0.15) is 56.5 Å². The number of amidine groups is 1. The summed E-state index contributed by atoms with van der Waals surface area (Å²) in [6.07, 6.45) is 0. The van der Waals surface area contributed by atoms with Gasteiger partial charge in [0.15, 0.2) is 0 Å². The van der Waals surface area contributed by atoms with E-state index in [1.807, 2.05) is 0 Å². The maximum atomic E-state index is 6.30. The molecule has 4 aromatic carbocycles. The molecule has 188 valence electrons. The van der Waals surface area contributed by atoms with Crippen LogP contribution in [0.5, 0.6) is 0 Å². The zero-order valence-corrected chi connectivity index (χ0v) is 22.3. The van der Waals surface area contributed by atoms with Gasteiger partial charge in [0.05, 0.1) is 17.2 Å². The van der Waals surface area contributed by atoms with Crippen LogP contribution in [-0.4, -0.2) is 24.2 Å². The maximum Gasteiger partial charge on any atom is 0.494 e. The molecule has 2 unspecified atom stereocenters. The van der Waals surface area contributed by atoms with E-state index in [9.17, 15) is 0 Å². The lowest BCUT2D eigenvalue weighted by atomic mass is 9.78. The van der Waals surface area contributed by atoms with E-state index < -0.39 is 0 Å². The minimum Gasteiger partial charge on any atom is -0.399 e. The van der Waals surface area contributed by atoms with Crippen LogP contribution in [0.2, 0.25) is 0 Å². The molecule has 4 nitrogen and oxygen atoms in total. The van der Waals surface area contributed by atoms with Crippen molar-refractivity contribution >= 4 is 24.1 Å². The van der Waals surface area contributed by atoms with E-state index in [4.69, 9.17) is 14.3 Å². The predicted octanol–water partition coefficient (Wildman–Crippen LogP) is 6.72. The molecule has 2 atom stereocenters. The van der Waals surface area contributed by atoms with Crippen LogP contribution in [0.15, 0.2) is 108 Å². The Hall–Kier alpha value is -3.67. The summed E-state index contributed by atoms with van der Waals surface area (Å²) in [5.41, 5.74) is 7.66. The number of hydrogen-bond donors (Lipinski definition) is 0. The molecule has 1 fully saturated rings. The smallest absolute Gasteiger partial charge is 0.399 e. The Kier molecular flexibility index (Phi) is 5.20. The van der Waals surface area contributed by atoms with Gasteiger partial charge >= 0.3 is 7.12 Å². The molecule has 38 heavy (non-hydrogen) atoms. The average Bonchev–Trinajstić information content (AvgIpc) is 3.44. The summed E-state index contributed by atoms with van der Waals surface area (Å²) in [4.78, 5) is 7.85. The van der Waals surface area contributed by atoms with Crippen LogP contribution in [0.3, 0.4) is 0 Å². The fraction of sp³-hybridized carbons (Fsp3) is 0.242. The van der Waals surface area contributed by atoms with Gasteiger partial charge in [-0.1, -0.05) is 91.0 Å². The maximum absolute atomic E-state index is 6.30. The normalized spacial score (nSPS) is 22.5. The summed E-state index contributed by atoms with van der Waals surface area (Å²) in [5, 5.41) is 0. The molecule has 0 aromatic heterocycles. The third-order valence-corrected chi connectivity index (χ3v) is 8.64. The first-order chi connectivity index (χ1) is 18.3.